The first-order valence-electron chi connectivity index (χ1n) is 8.64. The molecule has 2 aromatic rings. The maximum Gasteiger partial charge on any atom is 0.241 e. The minimum absolute atomic E-state index is 0.213. The van der Waals surface area contributed by atoms with Gasteiger partial charge in [-0.15, -0.1) is 0 Å². The first-order chi connectivity index (χ1) is 11.5. The number of sulfonamides is 1. The number of hydrogen-bond acceptors (Lipinski definition) is 2. The maximum absolute atomic E-state index is 12.7. The number of benzene rings is 2. The van der Waals surface area contributed by atoms with Crippen LogP contribution < -0.4 is 4.72 Å². The van der Waals surface area contributed by atoms with Crippen LogP contribution in [-0.4, -0.2) is 8.42 Å². The standard InChI is InChI=1S/C20H27NO2S/c1-4-6-7-17-10-14-19(15-11-17)24(22,23)21-20(5-2)18-12-8-16(3)9-13-18/h8-15,20-21H,4-7H2,1-3H3. The fraction of sp³-hybridized carbons (Fsp3) is 0.400. The summed E-state index contributed by atoms with van der Waals surface area (Å²) < 4.78 is 28.1. The summed E-state index contributed by atoms with van der Waals surface area (Å²) in [6.07, 6.45) is 3.95. The molecule has 0 saturated heterocycles. The van der Waals surface area contributed by atoms with E-state index in [1.165, 1.54) is 11.1 Å². The molecule has 3 nitrogen and oxygen atoms in total. The molecule has 0 heterocycles. The lowest BCUT2D eigenvalue weighted by molar-refractivity contribution is 0.550. The molecule has 1 unspecified atom stereocenters. The van der Waals surface area contributed by atoms with E-state index in [0.717, 1.165) is 24.8 Å². The lowest BCUT2D eigenvalue weighted by atomic mass is 10.0. The summed E-state index contributed by atoms with van der Waals surface area (Å²) in [5.41, 5.74) is 3.34. The van der Waals surface area contributed by atoms with E-state index in [0.29, 0.717) is 11.3 Å². The van der Waals surface area contributed by atoms with Crippen molar-refractivity contribution in [2.24, 2.45) is 0 Å². The van der Waals surface area contributed by atoms with Crippen molar-refractivity contribution in [2.45, 2.75) is 57.4 Å². The van der Waals surface area contributed by atoms with Crippen molar-refractivity contribution in [2.75, 3.05) is 0 Å². The summed E-state index contributed by atoms with van der Waals surface area (Å²) in [4.78, 5) is 0.327. The third kappa shape index (κ3) is 4.92. The Morgan fingerprint density at radius 2 is 1.58 bits per heavy atom. The average molecular weight is 346 g/mol. The normalized spacial score (nSPS) is 13.0. The molecule has 4 heteroatoms. The molecule has 0 fully saturated rings. The molecule has 1 N–H and O–H groups in total. The SMILES string of the molecule is CCCCc1ccc(S(=O)(=O)NC(CC)c2ccc(C)cc2)cc1. The Kier molecular flexibility index (Phi) is 6.58. The summed E-state index contributed by atoms with van der Waals surface area (Å²) in [5, 5.41) is 0. The minimum Gasteiger partial charge on any atom is -0.207 e. The fourth-order valence-electron chi connectivity index (χ4n) is 2.66. The molecule has 0 amide bonds. The van der Waals surface area contributed by atoms with Crippen LogP contribution in [0.4, 0.5) is 0 Å². The minimum atomic E-state index is -3.52. The first-order valence-corrected chi connectivity index (χ1v) is 10.1. The number of aryl methyl sites for hydroxylation is 2. The van der Waals surface area contributed by atoms with Crippen molar-refractivity contribution >= 4 is 10.0 Å². The summed E-state index contributed by atoms with van der Waals surface area (Å²) in [6, 6.07) is 15.0. The van der Waals surface area contributed by atoms with E-state index in [-0.39, 0.29) is 6.04 Å². The second-order valence-corrected chi connectivity index (χ2v) is 7.95. The van der Waals surface area contributed by atoms with Crippen LogP contribution in [0.1, 0.15) is 55.8 Å². The highest BCUT2D eigenvalue weighted by Crippen LogP contribution is 2.21. The molecular formula is C20H27NO2S. The second-order valence-electron chi connectivity index (χ2n) is 6.24. The van der Waals surface area contributed by atoms with Gasteiger partial charge < -0.3 is 0 Å². The topological polar surface area (TPSA) is 46.2 Å². The molecular weight excluding hydrogens is 318 g/mol. The largest absolute Gasteiger partial charge is 0.241 e. The van der Waals surface area contributed by atoms with Crippen molar-refractivity contribution < 1.29 is 8.42 Å². The summed E-state index contributed by atoms with van der Waals surface area (Å²) >= 11 is 0. The molecule has 0 aliphatic carbocycles. The molecule has 2 rings (SSSR count). The van der Waals surface area contributed by atoms with Crippen LogP contribution in [-0.2, 0) is 16.4 Å². The van der Waals surface area contributed by atoms with Crippen LogP contribution in [0.25, 0.3) is 0 Å². The van der Waals surface area contributed by atoms with Crippen LogP contribution in [0.3, 0.4) is 0 Å². The van der Waals surface area contributed by atoms with Crippen molar-refractivity contribution in [3.63, 3.8) is 0 Å². The van der Waals surface area contributed by atoms with Gasteiger partial charge in [0, 0.05) is 6.04 Å². The second kappa shape index (κ2) is 8.45. The van der Waals surface area contributed by atoms with Crippen LogP contribution >= 0.6 is 0 Å². The lowest BCUT2D eigenvalue weighted by Crippen LogP contribution is -2.28. The van der Waals surface area contributed by atoms with E-state index in [4.69, 9.17) is 0 Å². The highest BCUT2D eigenvalue weighted by molar-refractivity contribution is 7.89. The predicted molar refractivity (Wildman–Crippen MR) is 99.6 cm³/mol. The van der Waals surface area contributed by atoms with Crippen LogP contribution in [0.15, 0.2) is 53.4 Å². The van der Waals surface area contributed by atoms with Gasteiger partial charge in [-0.05, 0) is 49.4 Å². The molecule has 1 atom stereocenters. The highest BCUT2D eigenvalue weighted by Gasteiger charge is 2.20. The fourth-order valence-corrected chi connectivity index (χ4v) is 3.97. The Hall–Kier alpha value is -1.65. The van der Waals surface area contributed by atoms with Gasteiger partial charge in [-0.25, -0.2) is 13.1 Å². The first kappa shape index (κ1) is 18.7. The smallest absolute Gasteiger partial charge is 0.207 e. The highest BCUT2D eigenvalue weighted by atomic mass is 32.2. The number of rotatable bonds is 8. The third-order valence-corrected chi connectivity index (χ3v) is 5.73. The summed E-state index contributed by atoms with van der Waals surface area (Å²) in [5.74, 6) is 0. The Morgan fingerprint density at radius 3 is 2.12 bits per heavy atom. The Balaban J connectivity index is 2.15. The van der Waals surface area contributed by atoms with Gasteiger partial charge in [0.25, 0.3) is 0 Å². The zero-order valence-electron chi connectivity index (χ0n) is 14.7. The number of nitrogens with one attached hydrogen (secondary N) is 1. The van der Waals surface area contributed by atoms with Gasteiger partial charge in [-0.1, -0.05) is 62.2 Å². The van der Waals surface area contributed by atoms with E-state index >= 15 is 0 Å². The molecule has 24 heavy (non-hydrogen) atoms. The third-order valence-electron chi connectivity index (χ3n) is 4.24. The van der Waals surface area contributed by atoms with Crippen LogP contribution in [0.2, 0.25) is 0 Å². The zero-order chi connectivity index (χ0) is 17.6. The lowest BCUT2D eigenvalue weighted by Gasteiger charge is -2.18. The average Bonchev–Trinajstić information content (AvgIpc) is 2.59. The number of unbranched alkanes of at least 4 members (excludes halogenated alkanes) is 1. The van der Waals surface area contributed by atoms with Gasteiger partial charge >= 0.3 is 0 Å². The van der Waals surface area contributed by atoms with Gasteiger partial charge in [-0.3, -0.25) is 0 Å². The molecule has 0 radical (unpaired) electrons. The Bertz CT molecular complexity index is 734. The molecule has 0 saturated carbocycles. The molecule has 0 aromatic heterocycles. The van der Waals surface area contributed by atoms with Crippen LogP contribution in [0.5, 0.6) is 0 Å². The van der Waals surface area contributed by atoms with Crippen molar-refractivity contribution in [3.05, 3.63) is 65.2 Å². The van der Waals surface area contributed by atoms with E-state index in [1.54, 1.807) is 12.1 Å². The quantitative estimate of drug-likeness (QED) is 0.749. The number of hydrogen-bond donors (Lipinski definition) is 1. The van der Waals surface area contributed by atoms with Gasteiger partial charge in [0.1, 0.15) is 0 Å². The molecule has 2 aromatic carbocycles. The monoisotopic (exact) mass is 345 g/mol. The van der Waals surface area contributed by atoms with Crippen LogP contribution in [0, 0.1) is 6.92 Å². The Morgan fingerprint density at radius 1 is 0.958 bits per heavy atom. The maximum atomic E-state index is 12.7. The van der Waals surface area contributed by atoms with Crippen molar-refractivity contribution in [3.8, 4) is 0 Å². The van der Waals surface area contributed by atoms with Gasteiger partial charge in [-0.2, -0.15) is 0 Å². The predicted octanol–water partition coefficient (Wildman–Crippen LogP) is 4.77. The van der Waals surface area contributed by atoms with E-state index in [2.05, 4.69) is 11.6 Å². The van der Waals surface area contributed by atoms with E-state index in [9.17, 15) is 8.42 Å². The molecule has 0 spiro atoms. The Labute approximate surface area is 146 Å². The molecule has 0 aliphatic heterocycles. The zero-order valence-corrected chi connectivity index (χ0v) is 15.6. The van der Waals surface area contributed by atoms with Gasteiger partial charge in [0.05, 0.1) is 4.90 Å². The van der Waals surface area contributed by atoms with Crippen molar-refractivity contribution in [1.29, 1.82) is 0 Å². The molecule has 0 aliphatic rings. The van der Waals surface area contributed by atoms with Crippen molar-refractivity contribution in [1.82, 2.24) is 4.72 Å². The molecule has 130 valence electrons. The van der Waals surface area contributed by atoms with Gasteiger partial charge in [0.2, 0.25) is 10.0 Å². The van der Waals surface area contributed by atoms with E-state index < -0.39 is 10.0 Å². The summed E-state index contributed by atoms with van der Waals surface area (Å²) in [7, 11) is -3.52. The van der Waals surface area contributed by atoms with Gasteiger partial charge in [0.15, 0.2) is 0 Å². The molecule has 0 bridgehead atoms. The van der Waals surface area contributed by atoms with E-state index in [1.807, 2.05) is 50.2 Å². The summed E-state index contributed by atoms with van der Waals surface area (Å²) in [6.45, 7) is 6.16.